The maximum atomic E-state index is 12.9. The van der Waals surface area contributed by atoms with Crippen molar-refractivity contribution in [1.29, 1.82) is 5.26 Å². The Bertz CT molecular complexity index is 953. The molecule has 2 aromatic carbocycles. The van der Waals surface area contributed by atoms with E-state index in [1.54, 1.807) is 18.2 Å². The summed E-state index contributed by atoms with van der Waals surface area (Å²) in [5, 5.41) is 9.00. The van der Waals surface area contributed by atoms with Crippen molar-refractivity contribution in [3.05, 3.63) is 47.5 Å². The van der Waals surface area contributed by atoms with E-state index in [4.69, 9.17) is 24.2 Å². The monoisotopic (exact) mass is 394 g/mol. The van der Waals surface area contributed by atoms with Crippen LogP contribution in [0.5, 0.6) is 23.0 Å². The Hall–Kier alpha value is -3.40. The molecule has 2 aliphatic heterocycles. The van der Waals surface area contributed by atoms with Crippen LogP contribution in [0.3, 0.4) is 0 Å². The van der Waals surface area contributed by atoms with Crippen LogP contribution in [0, 0.1) is 11.3 Å². The number of fused-ring (bicyclic) bond motifs is 1. The number of benzene rings is 2. The second-order valence-electron chi connectivity index (χ2n) is 6.91. The fraction of sp³-hybridized carbons (Fsp3) is 0.364. The fourth-order valence-corrected chi connectivity index (χ4v) is 3.76. The number of likely N-dealkylation sites (tertiary alicyclic amines) is 1. The molecule has 0 unspecified atom stereocenters. The number of nitrogens with zero attached hydrogens (tertiary/aromatic N) is 2. The summed E-state index contributed by atoms with van der Waals surface area (Å²) in [4.78, 5) is 14.7. The van der Waals surface area contributed by atoms with Gasteiger partial charge in [0, 0.05) is 12.6 Å². The van der Waals surface area contributed by atoms with Crippen LogP contribution in [0.25, 0.3) is 0 Å². The van der Waals surface area contributed by atoms with Crippen LogP contribution >= 0.6 is 0 Å². The lowest BCUT2D eigenvalue weighted by Gasteiger charge is -2.27. The van der Waals surface area contributed by atoms with Gasteiger partial charge >= 0.3 is 0 Å². The number of carbonyl (C=O) groups is 1. The van der Waals surface area contributed by atoms with Gasteiger partial charge in [0.1, 0.15) is 13.2 Å². The van der Waals surface area contributed by atoms with Crippen molar-refractivity contribution in [3.63, 3.8) is 0 Å². The summed E-state index contributed by atoms with van der Waals surface area (Å²) in [7, 11) is 1.50. The van der Waals surface area contributed by atoms with Crippen LogP contribution in [0.15, 0.2) is 36.4 Å². The third kappa shape index (κ3) is 3.92. The molecule has 0 bridgehead atoms. The van der Waals surface area contributed by atoms with Gasteiger partial charge in [0.2, 0.25) is 0 Å². The largest absolute Gasteiger partial charge is 0.493 e. The van der Waals surface area contributed by atoms with Gasteiger partial charge in [0.25, 0.3) is 5.91 Å². The molecular formula is C22H22N2O5. The first kappa shape index (κ1) is 18.9. The van der Waals surface area contributed by atoms with E-state index in [-0.39, 0.29) is 18.6 Å². The fourth-order valence-electron chi connectivity index (χ4n) is 3.76. The molecule has 0 radical (unpaired) electrons. The summed E-state index contributed by atoms with van der Waals surface area (Å²) in [5.74, 6) is 2.25. The number of methoxy groups -OCH3 is 1. The number of hydrogen-bond acceptors (Lipinski definition) is 6. The van der Waals surface area contributed by atoms with Gasteiger partial charge in [0.05, 0.1) is 24.8 Å². The lowest BCUT2D eigenvalue weighted by Crippen LogP contribution is -2.34. The Labute approximate surface area is 169 Å². The third-order valence-electron chi connectivity index (χ3n) is 5.17. The van der Waals surface area contributed by atoms with Gasteiger partial charge in [-0.2, -0.15) is 5.26 Å². The Morgan fingerprint density at radius 3 is 2.79 bits per heavy atom. The second-order valence-corrected chi connectivity index (χ2v) is 6.91. The highest BCUT2D eigenvalue weighted by Crippen LogP contribution is 2.38. The third-order valence-corrected chi connectivity index (χ3v) is 5.17. The van der Waals surface area contributed by atoms with Gasteiger partial charge in [0.15, 0.2) is 29.6 Å². The zero-order chi connectivity index (χ0) is 20.2. The van der Waals surface area contributed by atoms with Gasteiger partial charge in [-0.1, -0.05) is 6.07 Å². The predicted octanol–water partition coefficient (Wildman–Crippen LogP) is 3.08. The number of hydrogen-bond donors (Lipinski definition) is 0. The average molecular weight is 394 g/mol. The van der Waals surface area contributed by atoms with Crippen molar-refractivity contribution in [2.24, 2.45) is 0 Å². The predicted molar refractivity (Wildman–Crippen MR) is 104 cm³/mol. The molecule has 29 heavy (non-hydrogen) atoms. The number of carbonyl (C=O) groups excluding carboxylic acids is 1. The van der Waals surface area contributed by atoms with Gasteiger partial charge in [-0.3, -0.25) is 4.79 Å². The normalized spacial score (nSPS) is 17.5. The molecule has 0 saturated carbocycles. The number of ether oxygens (including phenoxy) is 4. The standard InChI is InChI=1S/C22H22N2O5/c1-26-20-11-15(13-23)4-6-18(20)29-14-22(25)24-8-2-3-17(24)16-5-7-19-21(12-16)28-10-9-27-19/h4-7,11-12,17H,2-3,8-10,14H2,1H3/t17-/m0/s1. The molecule has 1 fully saturated rings. The van der Waals surface area contributed by atoms with E-state index in [0.29, 0.717) is 36.8 Å². The van der Waals surface area contributed by atoms with Gasteiger partial charge in [-0.05, 0) is 42.7 Å². The van der Waals surface area contributed by atoms with Crippen LogP contribution < -0.4 is 18.9 Å². The summed E-state index contributed by atoms with van der Waals surface area (Å²) < 4.78 is 22.2. The molecule has 0 aromatic heterocycles. The quantitative estimate of drug-likeness (QED) is 0.775. The minimum absolute atomic E-state index is 0.00946. The van der Waals surface area contributed by atoms with Crippen molar-refractivity contribution in [3.8, 4) is 29.1 Å². The molecule has 1 saturated heterocycles. The average Bonchev–Trinajstić information content (AvgIpc) is 3.27. The SMILES string of the molecule is COc1cc(C#N)ccc1OCC(=O)N1CCC[C@H]1c1ccc2c(c1)OCCO2. The topological polar surface area (TPSA) is 81.0 Å². The lowest BCUT2D eigenvalue weighted by molar-refractivity contribution is -0.134. The van der Waals surface area contributed by atoms with Gasteiger partial charge < -0.3 is 23.8 Å². The molecule has 1 amide bonds. The lowest BCUT2D eigenvalue weighted by atomic mass is 10.0. The molecule has 1 atom stereocenters. The van der Waals surface area contributed by atoms with E-state index >= 15 is 0 Å². The highest BCUT2D eigenvalue weighted by Gasteiger charge is 2.31. The highest BCUT2D eigenvalue weighted by atomic mass is 16.6. The summed E-state index contributed by atoms with van der Waals surface area (Å²) in [5.41, 5.74) is 1.51. The highest BCUT2D eigenvalue weighted by molar-refractivity contribution is 5.78. The van der Waals surface area contributed by atoms with E-state index in [1.165, 1.54) is 7.11 Å². The summed E-state index contributed by atoms with van der Waals surface area (Å²) in [6.45, 7) is 1.68. The smallest absolute Gasteiger partial charge is 0.261 e. The van der Waals surface area contributed by atoms with Crippen molar-refractivity contribution in [2.45, 2.75) is 18.9 Å². The molecule has 2 aliphatic rings. The molecule has 0 spiro atoms. The van der Waals surface area contributed by atoms with E-state index in [9.17, 15) is 4.79 Å². The Morgan fingerprint density at radius 1 is 1.17 bits per heavy atom. The van der Waals surface area contributed by atoms with Crippen molar-refractivity contribution in [1.82, 2.24) is 4.90 Å². The first-order chi connectivity index (χ1) is 14.2. The van der Waals surface area contributed by atoms with E-state index in [1.807, 2.05) is 23.1 Å². The van der Waals surface area contributed by atoms with Crippen molar-refractivity contribution < 1.29 is 23.7 Å². The molecule has 150 valence electrons. The van der Waals surface area contributed by atoms with Crippen LogP contribution in [-0.4, -0.2) is 44.3 Å². The van der Waals surface area contributed by atoms with E-state index in [2.05, 4.69) is 6.07 Å². The van der Waals surface area contributed by atoms with Crippen LogP contribution in [0.4, 0.5) is 0 Å². The summed E-state index contributed by atoms with van der Waals surface area (Å²) in [6, 6.07) is 12.8. The van der Waals surface area contributed by atoms with Gasteiger partial charge in [-0.15, -0.1) is 0 Å². The van der Waals surface area contributed by atoms with Crippen molar-refractivity contribution >= 4 is 5.91 Å². The maximum Gasteiger partial charge on any atom is 0.261 e. The first-order valence-corrected chi connectivity index (χ1v) is 9.59. The number of amides is 1. The molecular weight excluding hydrogens is 372 g/mol. The summed E-state index contributed by atoms with van der Waals surface area (Å²) >= 11 is 0. The van der Waals surface area contributed by atoms with Crippen LogP contribution in [0.2, 0.25) is 0 Å². The minimum Gasteiger partial charge on any atom is -0.493 e. The summed E-state index contributed by atoms with van der Waals surface area (Å²) in [6.07, 6.45) is 1.83. The molecule has 2 heterocycles. The molecule has 7 nitrogen and oxygen atoms in total. The zero-order valence-corrected chi connectivity index (χ0v) is 16.2. The molecule has 0 N–H and O–H groups in total. The minimum atomic E-state index is -0.0939. The first-order valence-electron chi connectivity index (χ1n) is 9.59. The Morgan fingerprint density at radius 2 is 2.00 bits per heavy atom. The number of rotatable bonds is 5. The number of nitriles is 1. The van der Waals surface area contributed by atoms with Crippen LogP contribution in [-0.2, 0) is 4.79 Å². The maximum absolute atomic E-state index is 12.9. The van der Waals surface area contributed by atoms with E-state index in [0.717, 1.165) is 29.9 Å². The second kappa shape index (κ2) is 8.31. The van der Waals surface area contributed by atoms with E-state index < -0.39 is 0 Å². The molecule has 0 aliphatic carbocycles. The van der Waals surface area contributed by atoms with Gasteiger partial charge in [-0.25, -0.2) is 0 Å². The van der Waals surface area contributed by atoms with Crippen LogP contribution in [0.1, 0.15) is 30.0 Å². The Kier molecular flexibility index (Phi) is 5.43. The molecule has 7 heteroatoms. The van der Waals surface area contributed by atoms with Crippen molar-refractivity contribution in [2.75, 3.05) is 33.5 Å². The molecule has 2 aromatic rings. The molecule has 4 rings (SSSR count). The zero-order valence-electron chi connectivity index (χ0n) is 16.2. The Balaban J connectivity index is 1.45.